The van der Waals surface area contributed by atoms with E-state index in [-0.39, 0.29) is 23.9 Å². The van der Waals surface area contributed by atoms with Crippen LogP contribution in [0.3, 0.4) is 0 Å². The summed E-state index contributed by atoms with van der Waals surface area (Å²) in [5.74, 6) is 0.0847. The Morgan fingerprint density at radius 1 is 0.679 bits per heavy atom. The van der Waals surface area contributed by atoms with Gasteiger partial charge >= 0.3 is 0 Å². The topological polar surface area (TPSA) is 40.6 Å². The molecule has 0 aliphatic carbocycles. The molecule has 1 heterocycles. The summed E-state index contributed by atoms with van der Waals surface area (Å²) >= 11 is 0. The number of nitrogens with zero attached hydrogens (tertiary/aromatic N) is 2. The van der Waals surface area contributed by atoms with E-state index in [9.17, 15) is 9.59 Å². The van der Waals surface area contributed by atoms with Crippen molar-refractivity contribution in [2.45, 2.75) is 53.6 Å². The van der Waals surface area contributed by atoms with Crippen LogP contribution in [0.2, 0.25) is 0 Å². The van der Waals surface area contributed by atoms with Gasteiger partial charge in [0, 0.05) is 36.3 Å². The van der Waals surface area contributed by atoms with Crippen molar-refractivity contribution in [2.75, 3.05) is 13.1 Å². The average molecular weight is 379 g/mol. The second-order valence-electron chi connectivity index (χ2n) is 8.21. The molecule has 2 amide bonds. The Morgan fingerprint density at radius 3 is 1.36 bits per heavy atom. The molecule has 0 radical (unpaired) electrons. The summed E-state index contributed by atoms with van der Waals surface area (Å²) < 4.78 is 0. The highest BCUT2D eigenvalue weighted by Gasteiger charge is 2.35. The fraction of sp³-hybridized carbons (Fsp3) is 0.417. The largest absolute Gasteiger partial charge is 0.332 e. The third-order valence-corrected chi connectivity index (χ3v) is 6.02. The Hall–Kier alpha value is -2.62. The minimum atomic E-state index is -0.0270. The number of amides is 2. The predicted molar refractivity (Wildman–Crippen MR) is 113 cm³/mol. The highest BCUT2D eigenvalue weighted by Crippen LogP contribution is 2.22. The second kappa shape index (κ2) is 7.78. The van der Waals surface area contributed by atoms with Crippen LogP contribution in [0.4, 0.5) is 0 Å². The van der Waals surface area contributed by atoms with E-state index in [1.54, 1.807) is 0 Å². The van der Waals surface area contributed by atoms with Gasteiger partial charge in [0.25, 0.3) is 11.8 Å². The Bertz CT molecular complexity index is 843. The molecule has 4 heteroatoms. The Labute approximate surface area is 168 Å². The normalized spacial score (nSPS) is 19.6. The van der Waals surface area contributed by atoms with Gasteiger partial charge in [0.05, 0.1) is 0 Å². The first kappa shape index (κ1) is 20.1. The van der Waals surface area contributed by atoms with Gasteiger partial charge in [-0.15, -0.1) is 0 Å². The third-order valence-electron chi connectivity index (χ3n) is 6.02. The molecular formula is C24H30N2O2. The number of carbonyl (C=O) groups is 2. The minimum absolute atomic E-state index is 0.0270. The first-order chi connectivity index (χ1) is 13.2. The maximum absolute atomic E-state index is 13.1. The highest BCUT2D eigenvalue weighted by molar-refractivity contribution is 5.96. The number of benzene rings is 2. The molecule has 2 aromatic carbocycles. The molecule has 0 aromatic heterocycles. The number of hydrogen-bond acceptors (Lipinski definition) is 2. The molecule has 0 bridgehead atoms. The van der Waals surface area contributed by atoms with Gasteiger partial charge in [-0.25, -0.2) is 0 Å². The zero-order valence-electron chi connectivity index (χ0n) is 17.7. The molecule has 28 heavy (non-hydrogen) atoms. The summed E-state index contributed by atoms with van der Waals surface area (Å²) in [6.07, 6.45) is 0. The van der Waals surface area contributed by atoms with Crippen LogP contribution in [0.25, 0.3) is 0 Å². The Morgan fingerprint density at radius 2 is 1.04 bits per heavy atom. The van der Waals surface area contributed by atoms with Crippen molar-refractivity contribution in [1.82, 2.24) is 9.80 Å². The average Bonchev–Trinajstić information content (AvgIpc) is 2.66. The smallest absolute Gasteiger partial charge is 0.254 e. The molecule has 2 aromatic rings. The predicted octanol–water partition coefficient (Wildman–Crippen LogP) is 4.30. The van der Waals surface area contributed by atoms with Crippen molar-refractivity contribution < 1.29 is 9.59 Å². The van der Waals surface area contributed by atoms with Gasteiger partial charge in [-0.05, 0) is 88.1 Å². The van der Waals surface area contributed by atoms with Crippen molar-refractivity contribution >= 4 is 11.8 Å². The molecule has 0 unspecified atom stereocenters. The van der Waals surface area contributed by atoms with Gasteiger partial charge in [-0.3, -0.25) is 9.59 Å². The molecule has 148 valence electrons. The van der Waals surface area contributed by atoms with Crippen LogP contribution in [0.15, 0.2) is 36.4 Å². The summed E-state index contributed by atoms with van der Waals surface area (Å²) in [6.45, 7) is 13.3. The van der Waals surface area contributed by atoms with Gasteiger partial charge in [-0.1, -0.05) is 12.1 Å². The van der Waals surface area contributed by atoms with Crippen molar-refractivity contribution in [2.24, 2.45) is 0 Å². The molecule has 0 N–H and O–H groups in total. The quantitative estimate of drug-likeness (QED) is 0.782. The Balaban J connectivity index is 1.77. The van der Waals surface area contributed by atoms with Crippen molar-refractivity contribution in [3.05, 3.63) is 69.8 Å². The molecular weight excluding hydrogens is 348 g/mol. The van der Waals surface area contributed by atoms with Crippen LogP contribution in [-0.2, 0) is 0 Å². The van der Waals surface area contributed by atoms with Crippen LogP contribution in [-0.4, -0.2) is 46.8 Å². The van der Waals surface area contributed by atoms with Crippen molar-refractivity contribution in [3.63, 3.8) is 0 Å². The number of aryl methyl sites for hydroxylation is 4. The van der Waals surface area contributed by atoms with E-state index < -0.39 is 0 Å². The summed E-state index contributed by atoms with van der Waals surface area (Å²) in [6, 6.07) is 11.7. The lowest BCUT2D eigenvalue weighted by atomic mass is 10.0. The second-order valence-corrected chi connectivity index (χ2v) is 8.21. The number of piperazine rings is 1. The zero-order chi connectivity index (χ0) is 20.6. The molecule has 1 saturated heterocycles. The fourth-order valence-electron chi connectivity index (χ4n) is 3.77. The fourth-order valence-corrected chi connectivity index (χ4v) is 3.77. The van der Waals surface area contributed by atoms with E-state index in [0.29, 0.717) is 13.1 Å². The van der Waals surface area contributed by atoms with Gasteiger partial charge in [0.2, 0.25) is 0 Å². The van der Waals surface area contributed by atoms with E-state index in [1.165, 1.54) is 11.1 Å². The van der Waals surface area contributed by atoms with Crippen LogP contribution in [0.1, 0.15) is 56.8 Å². The van der Waals surface area contributed by atoms with Crippen LogP contribution >= 0.6 is 0 Å². The lowest BCUT2D eigenvalue weighted by Gasteiger charge is -2.44. The molecule has 3 rings (SSSR count). The SMILES string of the molecule is Cc1ccc(C(=O)N2C[C@H](C)N(C(=O)c3ccc(C)c(C)c3)C[C@@H]2C)cc1C. The van der Waals surface area contributed by atoms with Crippen molar-refractivity contribution in [1.29, 1.82) is 0 Å². The molecule has 0 saturated carbocycles. The van der Waals surface area contributed by atoms with E-state index in [4.69, 9.17) is 0 Å². The number of hydrogen-bond donors (Lipinski definition) is 0. The summed E-state index contributed by atoms with van der Waals surface area (Å²) in [5.41, 5.74) is 6.04. The van der Waals surface area contributed by atoms with E-state index in [1.807, 2.05) is 87.7 Å². The van der Waals surface area contributed by atoms with Crippen molar-refractivity contribution in [3.8, 4) is 0 Å². The van der Waals surface area contributed by atoms with Crippen LogP contribution in [0.5, 0.6) is 0 Å². The molecule has 1 aliphatic rings. The first-order valence-electron chi connectivity index (χ1n) is 9.95. The molecule has 1 aliphatic heterocycles. The van der Waals surface area contributed by atoms with E-state index in [2.05, 4.69) is 0 Å². The monoisotopic (exact) mass is 378 g/mol. The third kappa shape index (κ3) is 3.82. The molecule has 2 atom stereocenters. The standard InChI is InChI=1S/C24H30N2O2/c1-15-7-9-21(11-17(15)3)23(27)25-13-20(6)26(14-19(25)5)24(28)22-10-8-16(2)18(4)12-22/h7-12,19-20H,13-14H2,1-6H3/t19-,20-/m0/s1. The van der Waals surface area contributed by atoms with Gasteiger partial charge < -0.3 is 9.80 Å². The molecule has 1 fully saturated rings. The lowest BCUT2D eigenvalue weighted by Crippen LogP contribution is -2.59. The first-order valence-corrected chi connectivity index (χ1v) is 9.95. The minimum Gasteiger partial charge on any atom is -0.332 e. The lowest BCUT2D eigenvalue weighted by molar-refractivity contribution is 0.0270. The summed E-state index contributed by atoms with van der Waals surface area (Å²) in [5, 5.41) is 0. The van der Waals surface area contributed by atoms with Crippen LogP contribution < -0.4 is 0 Å². The van der Waals surface area contributed by atoms with Gasteiger partial charge in [0.1, 0.15) is 0 Å². The summed E-state index contributed by atoms with van der Waals surface area (Å²) in [7, 11) is 0. The van der Waals surface area contributed by atoms with E-state index >= 15 is 0 Å². The van der Waals surface area contributed by atoms with Crippen LogP contribution in [0, 0.1) is 27.7 Å². The molecule has 4 nitrogen and oxygen atoms in total. The summed E-state index contributed by atoms with van der Waals surface area (Å²) in [4.78, 5) is 29.9. The van der Waals surface area contributed by atoms with E-state index in [0.717, 1.165) is 22.3 Å². The molecule has 0 spiro atoms. The highest BCUT2D eigenvalue weighted by atomic mass is 16.2. The maximum Gasteiger partial charge on any atom is 0.254 e. The van der Waals surface area contributed by atoms with Gasteiger partial charge in [-0.2, -0.15) is 0 Å². The number of carbonyl (C=O) groups excluding carboxylic acids is 2. The Kier molecular flexibility index (Phi) is 5.59. The maximum atomic E-state index is 13.1. The number of rotatable bonds is 2. The zero-order valence-corrected chi connectivity index (χ0v) is 17.7. The van der Waals surface area contributed by atoms with Gasteiger partial charge in [0.15, 0.2) is 0 Å².